The van der Waals surface area contributed by atoms with Gasteiger partial charge in [-0.15, -0.1) is 0 Å². The lowest BCUT2D eigenvalue weighted by atomic mass is 10.1. The zero-order valence-electron chi connectivity index (χ0n) is 15.0. The third-order valence-electron chi connectivity index (χ3n) is 4.02. The Hall–Kier alpha value is -2.31. The van der Waals surface area contributed by atoms with Gasteiger partial charge in [0, 0.05) is 22.1 Å². The predicted molar refractivity (Wildman–Crippen MR) is 111 cm³/mol. The first-order chi connectivity index (χ1) is 12.9. The lowest BCUT2D eigenvalue weighted by molar-refractivity contribution is -0.116. The van der Waals surface area contributed by atoms with Crippen molar-refractivity contribution in [1.82, 2.24) is 9.78 Å². The number of rotatable bonds is 6. The summed E-state index contributed by atoms with van der Waals surface area (Å²) in [6, 6.07) is 15.0. The molecular formula is C20H19BrClN3O2. The number of amides is 1. The minimum absolute atomic E-state index is 0.134. The molecule has 7 heteroatoms. The summed E-state index contributed by atoms with van der Waals surface area (Å²) in [6.45, 7) is 2.20. The molecule has 0 aliphatic rings. The minimum atomic E-state index is -0.134. The molecule has 0 aliphatic heterocycles. The van der Waals surface area contributed by atoms with Crippen molar-refractivity contribution in [3.8, 4) is 16.9 Å². The number of aryl methyl sites for hydroxylation is 2. The summed E-state index contributed by atoms with van der Waals surface area (Å²) >= 11 is 9.29. The predicted octanol–water partition coefficient (Wildman–Crippen LogP) is 5.22. The second-order valence-electron chi connectivity index (χ2n) is 6.04. The maximum absolute atomic E-state index is 12.4. The van der Waals surface area contributed by atoms with Gasteiger partial charge in [0.15, 0.2) is 0 Å². The van der Waals surface area contributed by atoms with Crippen molar-refractivity contribution in [3.63, 3.8) is 0 Å². The number of benzene rings is 2. The van der Waals surface area contributed by atoms with E-state index in [1.165, 1.54) is 0 Å². The van der Waals surface area contributed by atoms with Crippen molar-refractivity contribution in [1.29, 1.82) is 0 Å². The number of carbonyl (C=O) groups excluding carboxylic acids is 1. The summed E-state index contributed by atoms with van der Waals surface area (Å²) < 4.78 is 8.27. The van der Waals surface area contributed by atoms with Crippen molar-refractivity contribution < 1.29 is 9.53 Å². The van der Waals surface area contributed by atoms with E-state index in [2.05, 4.69) is 26.3 Å². The second-order valence-corrected chi connectivity index (χ2v) is 7.39. The summed E-state index contributed by atoms with van der Waals surface area (Å²) in [5.41, 5.74) is 2.76. The number of ether oxygens (including phenoxy) is 1. The molecule has 1 heterocycles. The van der Waals surface area contributed by atoms with Gasteiger partial charge in [-0.3, -0.25) is 9.48 Å². The Morgan fingerprint density at radius 3 is 2.52 bits per heavy atom. The standard InChI is InChI=1S/C20H19BrClN3O2/c1-13-19(14-3-5-15(21)6-4-14)20(25(2)24-13)23-18(26)11-12-27-17-9-7-16(22)8-10-17/h3-10H,11-12H2,1-2H3,(H,23,26). The quantitative estimate of drug-likeness (QED) is 0.562. The monoisotopic (exact) mass is 447 g/mol. The summed E-state index contributed by atoms with van der Waals surface area (Å²) in [5.74, 6) is 1.22. The van der Waals surface area contributed by atoms with E-state index in [9.17, 15) is 4.79 Å². The maximum Gasteiger partial charge on any atom is 0.228 e. The van der Waals surface area contributed by atoms with Gasteiger partial charge in [-0.05, 0) is 48.9 Å². The highest BCUT2D eigenvalue weighted by Crippen LogP contribution is 2.32. The van der Waals surface area contributed by atoms with Gasteiger partial charge in [0.25, 0.3) is 0 Å². The fraction of sp³-hybridized carbons (Fsp3) is 0.200. The lowest BCUT2D eigenvalue weighted by Crippen LogP contribution is -2.17. The molecule has 1 N–H and O–H groups in total. The number of aromatic nitrogens is 2. The normalized spacial score (nSPS) is 10.7. The van der Waals surface area contributed by atoms with Crippen LogP contribution in [-0.4, -0.2) is 22.3 Å². The maximum atomic E-state index is 12.4. The second kappa shape index (κ2) is 8.59. The molecule has 27 heavy (non-hydrogen) atoms. The molecule has 0 spiro atoms. The molecule has 0 saturated heterocycles. The molecule has 0 saturated carbocycles. The third-order valence-corrected chi connectivity index (χ3v) is 4.81. The molecule has 2 aromatic carbocycles. The number of hydrogen-bond donors (Lipinski definition) is 1. The number of nitrogens with zero attached hydrogens (tertiary/aromatic N) is 2. The Labute approximate surface area is 171 Å². The van der Waals surface area contributed by atoms with Crippen LogP contribution in [0.4, 0.5) is 5.82 Å². The van der Waals surface area contributed by atoms with Gasteiger partial charge < -0.3 is 10.1 Å². The van der Waals surface area contributed by atoms with Gasteiger partial charge in [-0.1, -0.05) is 39.7 Å². The minimum Gasteiger partial charge on any atom is -0.493 e. The van der Waals surface area contributed by atoms with Crippen molar-refractivity contribution in [2.45, 2.75) is 13.3 Å². The Balaban J connectivity index is 1.67. The molecule has 0 atom stereocenters. The highest BCUT2D eigenvalue weighted by Gasteiger charge is 2.17. The molecular weight excluding hydrogens is 430 g/mol. The number of anilines is 1. The van der Waals surface area contributed by atoms with Crippen LogP contribution < -0.4 is 10.1 Å². The van der Waals surface area contributed by atoms with Crippen LogP contribution in [0.5, 0.6) is 5.75 Å². The summed E-state index contributed by atoms with van der Waals surface area (Å²) in [7, 11) is 1.81. The summed E-state index contributed by atoms with van der Waals surface area (Å²) in [4.78, 5) is 12.4. The first-order valence-corrected chi connectivity index (χ1v) is 9.59. The average molecular weight is 449 g/mol. The van der Waals surface area contributed by atoms with E-state index >= 15 is 0 Å². The Morgan fingerprint density at radius 1 is 1.19 bits per heavy atom. The van der Waals surface area contributed by atoms with Crippen LogP contribution in [-0.2, 0) is 11.8 Å². The Bertz CT molecular complexity index is 937. The molecule has 1 amide bonds. The highest BCUT2D eigenvalue weighted by atomic mass is 79.9. The van der Waals surface area contributed by atoms with Crippen LogP contribution in [0.1, 0.15) is 12.1 Å². The largest absolute Gasteiger partial charge is 0.493 e. The van der Waals surface area contributed by atoms with Gasteiger partial charge >= 0.3 is 0 Å². The van der Waals surface area contributed by atoms with Crippen molar-refractivity contribution in [2.75, 3.05) is 11.9 Å². The molecule has 3 rings (SSSR count). The molecule has 0 radical (unpaired) electrons. The van der Waals surface area contributed by atoms with Gasteiger partial charge in [-0.25, -0.2) is 0 Å². The SMILES string of the molecule is Cc1nn(C)c(NC(=O)CCOc2ccc(Cl)cc2)c1-c1ccc(Br)cc1. The van der Waals surface area contributed by atoms with Crippen molar-refractivity contribution in [2.24, 2.45) is 7.05 Å². The summed E-state index contributed by atoms with van der Waals surface area (Å²) in [5, 5.41) is 8.05. The third kappa shape index (κ3) is 4.90. The Kier molecular flexibility index (Phi) is 6.19. The van der Waals surface area contributed by atoms with E-state index < -0.39 is 0 Å². The van der Waals surface area contributed by atoms with E-state index in [0.29, 0.717) is 16.6 Å². The van der Waals surface area contributed by atoms with Crippen LogP contribution in [0.3, 0.4) is 0 Å². The molecule has 1 aromatic heterocycles. The number of nitrogens with one attached hydrogen (secondary N) is 1. The van der Waals surface area contributed by atoms with Crippen LogP contribution in [0, 0.1) is 6.92 Å². The van der Waals surface area contributed by atoms with Crippen LogP contribution in [0.15, 0.2) is 53.0 Å². The summed E-state index contributed by atoms with van der Waals surface area (Å²) in [6.07, 6.45) is 0.229. The fourth-order valence-electron chi connectivity index (χ4n) is 2.75. The zero-order chi connectivity index (χ0) is 19.4. The highest BCUT2D eigenvalue weighted by molar-refractivity contribution is 9.10. The molecule has 3 aromatic rings. The van der Waals surface area contributed by atoms with Gasteiger partial charge in [0.05, 0.1) is 18.7 Å². The van der Waals surface area contributed by atoms with E-state index in [1.807, 2.05) is 38.2 Å². The van der Waals surface area contributed by atoms with Gasteiger partial charge in [0.2, 0.25) is 5.91 Å². The molecule has 5 nitrogen and oxygen atoms in total. The fourth-order valence-corrected chi connectivity index (χ4v) is 3.14. The van der Waals surface area contributed by atoms with Crippen LogP contribution in [0.25, 0.3) is 11.1 Å². The van der Waals surface area contributed by atoms with Crippen molar-refractivity contribution in [3.05, 3.63) is 63.7 Å². The van der Waals surface area contributed by atoms with E-state index in [4.69, 9.17) is 16.3 Å². The van der Waals surface area contributed by atoms with Crippen LogP contribution >= 0.6 is 27.5 Å². The average Bonchev–Trinajstić information content (AvgIpc) is 2.91. The van der Waals surface area contributed by atoms with Gasteiger partial charge in [-0.2, -0.15) is 5.10 Å². The molecule has 140 valence electrons. The van der Waals surface area contributed by atoms with E-state index in [1.54, 1.807) is 28.9 Å². The Morgan fingerprint density at radius 2 is 1.85 bits per heavy atom. The molecule has 0 unspecified atom stereocenters. The first kappa shape index (κ1) is 19.5. The van der Waals surface area contributed by atoms with E-state index in [-0.39, 0.29) is 18.9 Å². The van der Waals surface area contributed by atoms with E-state index in [0.717, 1.165) is 21.3 Å². The topological polar surface area (TPSA) is 56.2 Å². The number of halogens is 2. The number of hydrogen-bond acceptors (Lipinski definition) is 3. The molecule has 0 bridgehead atoms. The zero-order valence-corrected chi connectivity index (χ0v) is 17.3. The lowest BCUT2D eigenvalue weighted by Gasteiger charge is -2.10. The smallest absolute Gasteiger partial charge is 0.228 e. The molecule has 0 fully saturated rings. The first-order valence-electron chi connectivity index (χ1n) is 8.42. The molecule has 0 aliphatic carbocycles. The van der Waals surface area contributed by atoms with Crippen molar-refractivity contribution >= 4 is 39.3 Å². The van der Waals surface area contributed by atoms with Gasteiger partial charge in [0.1, 0.15) is 11.6 Å². The van der Waals surface area contributed by atoms with Crippen LogP contribution in [0.2, 0.25) is 5.02 Å². The number of carbonyl (C=O) groups is 1.